The topological polar surface area (TPSA) is 93.1 Å². The smallest absolute Gasteiger partial charge is 0.319 e. The molecule has 0 aliphatic carbocycles. The Bertz CT molecular complexity index is 2150. The van der Waals surface area contributed by atoms with Gasteiger partial charge in [-0.15, -0.1) is 5.54 Å². The van der Waals surface area contributed by atoms with E-state index in [-0.39, 0.29) is 58.6 Å². The Balaban J connectivity index is 1.46. The van der Waals surface area contributed by atoms with Crippen LogP contribution >= 0.6 is 0 Å². The minimum Gasteiger partial charge on any atom is -0.508 e. The number of aromatic hydroxyl groups is 1. The molecule has 3 aliphatic heterocycles. The fourth-order valence-corrected chi connectivity index (χ4v) is 15.0. The molecule has 9 nitrogen and oxygen atoms in total. The highest BCUT2D eigenvalue weighted by Gasteiger charge is 2.49. The molecule has 4 aromatic rings. The van der Waals surface area contributed by atoms with Crippen LogP contribution in [-0.4, -0.2) is 97.3 Å². The molecule has 1 N–H and O–H groups in total. The summed E-state index contributed by atoms with van der Waals surface area (Å²) in [5, 5.41) is 12.1. The van der Waals surface area contributed by atoms with Crippen LogP contribution in [0.1, 0.15) is 79.7 Å². The molecule has 0 bridgehead atoms. The maximum atomic E-state index is 17.6. The lowest BCUT2D eigenvalue weighted by atomic mass is 9.95. The number of rotatable bonds is 10. The highest BCUT2D eigenvalue weighted by molar-refractivity contribution is 6.90. The van der Waals surface area contributed by atoms with Gasteiger partial charge >= 0.3 is 6.01 Å². The standard InChI is InChI=1S/C43H54F3N5O4Si/c1-8-54-41-36-39(48-42(49-40(36)50-15-10-18-53-19-17-50)55-25-43-14-9-16-51(43)24-30(44)23-43)37(46)38(47-41)33-22-31(52)21-29-11-12-34(45)32(35(29)33)13-20-56(26(2)3,27(4)5)28(6)7/h11-12,21-22,26-28,30,52H,8-10,14-19,23-25H2,1-7H3/t30-,43+/m1/s1. The largest absolute Gasteiger partial charge is 0.508 e. The second-order valence-electron chi connectivity index (χ2n) is 16.5. The molecular formula is C43H54F3N5O4Si. The molecule has 3 saturated heterocycles. The van der Waals surface area contributed by atoms with Crippen LogP contribution < -0.4 is 14.4 Å². The zero-order chi connectivity index (χ0) is 39.9. The Hall–Kier alpha value is -4.12. The third-order valence-electron chi connectivity index (χ3n) is 12.3. The first-order chi connectivity index (χ1) is 26.8. The van der Waals surface area contributed by atoms with Crippen LogP contribution in [0.4, 0.5) is 19.0 Å². The average Bonchev–Trinajstić information content (AvgIpc) is 3.53. The first kappa shape index (κ1) is 40.1. The van der Waals surface area contributed by atoms with Crippen molar-refractivity contribution in [3.05, 3.63) is 41.5 Å². The maximum Gasteiger partial charge on any atom is 0.319 e. The highest BCUT2D eigenvalue weighted by atomic mass is 28.3. The van der Waals surface area contributed by atoms with E-state index in [0.717, 1.165) is 25.8 Å². The Morgan fingerprint density at radius 3 is 2.46 bits per heavy atom. The minimum atomic E-state index is -2.31. The number of fused-ring (bicyclic) bond motifs is 3. The van der Waals surface area contributed by atoms with Crippen LogP contribution in [0.25, 0.3) is 32.9 Å². The Morgan fingerprint density at radius 1 is 0.964 bits per heavy atom. The third kappa shape index (κ3) is 7.17. The van der Waals surface area contributed by atoms with Gasteiger partial charge in [0, 0.05) is 43.6 Å². The van der Waals surface area contributed by atoms with Gasteiger partial charge in [-0.2, -0.15) is 9.97 Å². The van der Waals surface area contributed by atoms with E-state index in [4.69, 9.17) is 24.2 Å². The van der Waals surface area contributed by atoms with Gasteiger partial charge in [-0.3, -0.25) is 4.90 Å². The molecule has 3 fully saturated rings. The molecule has 0 radical (unpaired) electrons. The number of aromatic nitrogens is 3. The van der Waals surface area contributed by atoms with Crippen LogP contribution in [0, 0.1) is 23.1 Å². The predicted octanol–water partition coefficient (Wildman–Crippen LogP) is 8.98. The zero-order valence-electron chi connectivity index (χ0n) is 33.6. The fraction of sp³-hybridized carbons (Fsp3) is 0.558. The summed E-state index contributed by atoms with van der Waals surface area (Å²) in [5.41, 5.74) is 4.06. The number of hydrogen-bond donors (Lipinski definition) is 1. The van der Waals surface area contributed by atoms with Gasteiger partial charge in [0.25, 0.3) is 0 Å². The fourth-order valence-electron chi connectivity index (χ4n) is 9.76. The number of alkyl halides is 1. The van der Waals surface area contributed by atoms with Crippen molar-refractivity contribution in [2.24, 2.45) is 0 Å². The second kappa shape index (κ2) is 16.0. The number of phenolic OH excluding ortho intramolecular Hbond substituents is 1. The first-order valence-electron chi connectivity index (χ1n) is 20.2. The van der Waals surface area contributed by atoms with E-state index in [2.05, 4.69) is 62.9 Å². The SMILES string of the molecule is CCOc1nc(-c2cc(O)cc3ccc(F)c(C#C[Si](C(C)C)(C(C)C)C(C)C)c23)c(F)c2nc(OC[C@@]34CCCN3C[C@H](F)C4)nc(N3CCCOCC3)c12. The maximum absolute atomic E-state index is 17.6. The number of halogens is 3. The molecular weight excluding hydrogens is 736 g/mol. The summed E-state index contributed by atoms with van der Waals surface area (Å²) in [7, 11) is -2.31. The molecule has 2 aromatic carbocycles. The normalized spacial score (nSPS) is 20.6. The number of hydrogen-bond acceptors (Lipinski definition) is 9. The second-order valence-corrected chi connectivity index (χ2v) is 22.1. The lowest BCUT2D eigenvalue weighted by Crippen LogP contribution is -2.43. The number of anilines is 1. The summed E-state index contributed by atoms with van der Waals surface area (Å²) in [5.74, 6) is 2.26. The number of pyridine rings is 1. The quantitative estimate of drug-likeness (QED) is 0.125. The van der Waals surface area contributed by atoms with Crippen molar-refractivity contribution < 1.29 is 32.5 Å². The van der Waals surface area contributed by atoms with Gasteiger partial charge in [0.05, 0.1) is 24.3 Å². The van der Waals surface area contributed by atoms with E-state index in [1.165, 1.54) is 18.2 Å². The van der Waals surface area contributed by atoms with Crippen molar-refractivity contribution >= 4 is 35.6 Å². The van der Waals surface area contributed by atoms with E-state index in [9.17, 15) is 9.50 Å². The van der Waals surface area contributed by atoms with Gasteiger partial charge in [-0.1, -0.05) is 53.5 Å². The highest BCUT2D eigenvalue weighted by Crippen LogP contribution is 2.45. The number of ether oxygens (including phenoxy) is 3. The van der Waals surface area contributed by atoms with Gasteiger partial charge in [0.2, 0.25) is 5.88 Å². The number of nitrogens with zero attached hydrogens (tertiary/aromatic N) is 5. The monoisotopic (exact) mass is 789 g/mol. The summed E-state index contributed by atoms with van der Waals surface area (Å²) in [6, 6.07) is 5.77. The summed E-state index contributed by atoms with van der Waals surface area (Å²) in [6.45, 7) is 18.5. The van der Waals surface area contributed by atoms with Crippen molar-refractivity contribution in [2.75, 3.05) is 57.5 Å². The van der Waals surface area contributed by atoms with Crippen molar-refractivity contribution in [1.82, 2.24) is 19.9 Å². The van der Waals surface area contributed by atoms with Crippen LogP contribution in [-0.2, 0) is 4.74 Å². The summed E-state index contributed by atoms with van der Waals surface area (Å²) < 4.78 is 66.7. The van der Waals surface area contributed by atoms with Gasteiger partial charge < -0.3 is 24.2 Å². The van der Waals surface area contributed by atoms with Crippen LogP contribution in [0.2, 0.25) is 16.6 Å². The molecule has 0 unspecified atom stereocenters. The van der Waals surface area contributed by atoms with Crippen molar-refractivity contribution in [1.29, 1.82) is 0 Å². The lowest BCUT2D eigenvalue weighted by molar-refractivity contribution is 0.107. The number of phenols is 1. The molecule has 13 heteroatoms. The van der Waals surface area contributed by atoms with Crippen LogP contribution in [0.3, 0.4) is 0 Å². The summed E-state index contributed by atoms with van der Waals surface area (Å²) >= 11 is 0. The first-order valence-corrected chi connectivity index (χ1v) is 22.4. The van der Waals surface area contributed by atoms with Crippen LogP contribution in [0.5, 0.6) is 17.6 Å². The molecule has 7 rings (SSSR count). The lowest BCUT2D eigenvalue weighted by Gasteiger charge is -2.38. The molecule has 300 valence electrons. The molecule has 3 aliphatic rings. The molecule has 0 amide bonds. The Labute approximate surface area is 329 Å². The molecule has 2 aromatic heterocycles. The van der Waals surface area contributed by atoms with Crippen molar-refractivity contribution in [3.8, 4) is 40.4 Å². The Morgan fingerprint density at radius 2 is 1.73 bits per heavy atom. The zero-order valence-corrected chi connectivity index (χ0v) is 34.6. The van der Waals surface area contributed by atoms with Gasteiger partial charge in [-0.05, 0) is 72.9 Å². The molecule has 0 saturated carbocycles. The average molecular weight is 790 g/mol. The van der Waals surface area contributed by atoms with Crippen molar-refractivity contribution in [3.63, 3.8) is 0 Å². The third-order valence-corrected chi connectivity index (χ3v) is 18.6. The van der Waals surface area contributed by atoms with Gasteiger partial charge in [0.15, 0.2) is 5.82 Å². The molecule has 0 spiro atoms. The van der Waals surface area contributed by atoms with E-state index < -0.39 is 31.4 Å². The summed E-state index contributed by atoms with van der Waals surface area (Å²) in [4.78, 5) is 18.5. The molecule has 56 heavy (non-hydrogen) atoms. The Kier molecular flexibility index (Phi) is 11.5. The van der Waals surface area contributed by atoms with Gasteiger partial charge in [0.1, 0.15) is 54.8 Å². The molecule has 2 atom stereocenters. The molecule has 5 heterocycles. The van der Waals surface area contributed by atoms with Gasteiger partial charge in [-0.25, -0.2) is 18.2 Å². The predicted molar refractivity (Wildman–Crippen MR) is 217 cm³/mol. The van der Waals surface area contributed by atoms with E-state index >= 15 is 8.78 Å². The van der Waals surface area contributed by atoms with E-state index in [1.54, 1.807) is 6.07 Å². The van der Waals surface area contributed by atoms with Crippen LogP contribution in [0.15, 0.2) is 24.3 Å². The summed E-state index contributed by atoms with van der Waals surface area (Å²) in [6.07, 6.45) is 1.86. The van der Waals surface area contributed by atoms with E-state index in [1.807, 2.05) is 11.8 Å². The number of benzene rings is 2. The minimum absolute atomic E-state index is 0.0459. The van der Waals surface area contributed by atoms with E-state index in [0.29, 0.717) is 72.5 Å². The van der Waals surface area contributed by atoms with Crippen molar-refractivity contribution in [2.45, 2.75) is 102 Å².